The molecule has 0 saturated heterocycles. The van der Waals surface area contributed by atoms with Gasteiger partial charge in [-0.15, -0.1) is 0 Å². The molecule has 0 radical (unpaired) electrons. The summed E-state index contributed by atoms with van der Waals surface area (Å²) in [6.45, 7) is 0. The number of benzene rings is 2. The summed E-state index contributed by atoms with van der Waals surface area (Å²) in [5, 5.41) is 0. The molecular weight excluding hydrogens is 320 g/mol. The highest BCUT2D eigenvalue weighted by Crippen LogP contribution is 2.34. The molecule has 0 N–H and O–H groups in total. The lowest BCUT2D eigenvalue weighted by Gasteiger charge is -2.03. The molecule has 1 heterocycles. The molecule has 0 amide bonds. The van der Waals surface area contributed by atoms with Gasteiger partial charge in [-0.2, -0.15) is 0 Å². The second-order valence-corrected chi connectivity index (χ2v) is 5.22. The second-order valence-electron chi connectivity index (χ2n) is 4.30. The first-order valence-corrected chi connectivity index (χ1v) is 6.78. The van der Waals surface area contributed by atoms with Crippen molar-refractivity contribution in [2.24, 2.45) is 0 Å². The predicted octanol–water partition coefficient (Wildman–Crippen LogP) is 3.44. The van der Waals surface area contributed by atoms with Crippen LogP contribution in [0.1, 0.15) is 11.1 Å². The van der Waals surface area contributed by atoms with Crippen LogP contribution in [0, 0.1) is 0 Å². The zero-order chi connectivity index (χ0) is 14.1. The standard InChI is InChI=1S/C16H9BrO3/c17-12-8-6-11(7-9-12)14-13(15(18)20-16(14)19)10-4-2-1-3-5-10/h1-9H. The molecule has 0 saturated carbocycles. The minimum Gasteiger partial charge on any atom is -0.386 e. The Morgan fingerprint density at radius 1 is 0.700 bits per heavy atom. The second kappa shape index (κ2) is 5.06. The maximum Gasteiger partial charge on any atom is 0.347 e. The van der Waals surface area contributed by atoms with Crippen molar-refractivity contribution in [3.63, 3.8) is 0 Å². The number of rotatable bonds is 2. The number of cyclic esters (lactones) is 2. The van der Waals surface area contributed by atoms with E-state index in [0.717, 1.165) is 4.47 Å². The average molecular weight is 329 g/mol. The van der Waals surface area contributed by atoms with Gasteiger partial charge in [-0.3, -0.25) is 0 Å². The maximum absolute atomic E-state index is 11.9. The summed E-state index contributed by atoms with van der Waals surface area (Å²) in [5.41, 5.74) is 1.98. The van der Waals surface area contributed by atoms with Gasteiger partial charge in [0.25, 0.3) is 0 Å². The van der Waals surface area contributed by atoms with E-state index in [9.17, 15) is 9.59 Å². The third-order valence-corrected chi connectivity index (χ3v) is 3.57. The van der Waals surface area contributed by atoms with Crippen molar-refractivity contribution in [3.05, 3.63) is 70.2 Å². The molecular formula is C16H9BrO3. The Labute approximate surface area is 124 Å². The van der Waals surface area contributed by atoms with E-state index < -0.39 is 11.9 Å². The number of carbonyl (C=O) groups is 2. The van der Waals surface area contributed by atoms with Gasteiger partial charge in [0, 0.05) is 4.47 Å². The molecule has 2 aromatic rings. The highest BCUT2D eigenvalue weighted by atomic mass is 79.9. The minimum absolute atomic E-state index is 0.314. The fourth-order valence-corrected chi connectivity index (χ4v) is 2.40. The monoisotopic (exact) mass is 328 g/mol. The molecule has 0 spiro atoms. The van der Waals surface area contributed by atoms with Crippen molar-refractivity contribution in [3.8, 4) is 0 Å². The summed E-state index contributed by atoms with van der Waals surface area (Å²) in [7, 11) is 0. The largest absolute Gasteiger partial charge is 0.386 e. The zero-order valence-corrected chi connectivity index (χ0v) is 11.9. The number of halogens is 1. The highest BCUT2D eigenvalue weighted by molar-refractivity contribution is 9.10. The van der Waals surface area contributed by atoms with Gasteiger partial charge in [-0.05, 0) is 23.3 Å². The Morgan fingerprint density at radius 2 is 1.20 bits per heavy atom. The molecule has 98 valence electrons. The van der Waals surface area contributed by atoms with Gasteiger partial charge in [0.1, 0.15) is 0 Å². The lowest BCUT2D eigenvalue weighted by Crippen LogP contribution is -2.01. The zero-order valence-electron chi connectivity index (χ0n) is 10.3. The molecule has 3 rings (SSSR count). The number of esters is 2. The van der Waals surface area contributed by atoms with Crippen LogP contribution in [0.3, 0.4) is 0 Å². The van der Waals surface area contributed by atoms with E-state index in [1.165, 1.54) is 0 Å². The van der Waals surface area contributed by atoms with Gasteiger partial charge >= 0.3 is 11.9 Å². The number of hydrogen-bond acceptors (Lipinski definition) is 3. The third-order valence-electron chi connectivity index (χ3n) is 3.04. The Morgan fingerprint density at radius 3 is 1.75 bits per heavy atom. The van der Waals surface area contributed by atoms with Gasteiger partial charge in [0.2, 0.25) is 0 Å². The molecule has 0 unspecified atom stereocenters. The van der Waals surface area contributed by atoms with E-state index >= 15 is 0 Å². The Hall–Kier alpha value is -2.20. The minimum atomic E-state index is -0.601. The smallest absolute Gasteiger partial charge is 0.347 e. The van der Waals surface area contributed by atoms with E-state index in [2.05, 4.69) is 15.9 Å². The summed E-state index contributed by atoms with van der Waals surface area (Å²) in [6.07, 6.45) is 0. The number of ether oxygens (including phenoxy) is 1. The van der Waals surface area contributed by atoms with Crippen LogP contribution in [0.5, 0.6) is 0 Å². The summed E-state index contributed by atoms with van der Waals surface area (Å²) in [6, 6.07) is 16.3. The Balaban J connectivity index is 2.21. The van der Waals surface area contributed by atoms with Crippen LogP contribution in [-0.2, 0) is 14.3 Å². The van der Waals surface area contributed by atoms with Crippen LogP contribution < -0.4 is 0 Å². The molecule has 0 aliphatic carbocycles. The molecule has 0 aromatic heterocycles. The first-order chi connectivity index (χ1) is 9.66. The van der Waals surface area contributed by atoms with Crippen LogP contribution >= 0.6 is 15.9 Å². The highest BCUT2D eigenvalue weighted by Gasteiger charge is 2.34. The molecule has 0 bridgehead atoms. The SMILES string of the molecule is O=C1OC(=O)C(c2ccc(Br)cc2)=C1c1ccccc1. The summed E-state index contributed by atoms with van der Waals surface area (Å²) in [4.78, 5) is 23.9. The normalized spacial score (nSPS) is 14.7. The molecule has 0 fully saturated rings. The molecule has 0 atom stereocenters. The van der Waals surface area contributed by atoms with Gasteiger partial charge in [0.15, 0.2) is 0 Å². The van der Waals surface area contributed by atoms with Crippen LogP contribution in [0.4, 0.5) is 0 Å². The molecule has 3 nitrogen and oxygen atoms in total. The first kappa shape index (κ1) is 12.8. The van der Waals surface area contributed by atoms with Crippen molar-refractivity contribution >= 4 is 39.0 Å². The van der Waals surface area contributed by atoms with Crippen LogP contribution in [-0.4, -0.2) is 11.9 Å². The van der Waals surface area contributed by atoms with Gasteiger partial charge < -0.3 is 4.74 Å². The van der Waals surface area contributed by atoms with Gasteiger partial charge in [0.05, 0.1) is 11.1 Å². The third kappa shape index (κ3) is 2.18. The number of hydrogen-bond donors (Lipinski definition) is 0. The summed E-state index contributed by atoms with van der Waals surface area (Å²) in [5.74, 6) is -1.20. The van der Waals surface area contributed by atoms with Crippen LogP contribution in [0.15, 0.2) is 59.1 Å². The fourth-order valence-electron chi connectivity index (χ4n) is 2.14. The summed E-state index contributed by atoms with van der Waals surface area (Å²) >= 11 is 3.34. The number of carbonyl (C=O) groups excluding carboxylic acids is 2. The van der Waals surface area contributed by atoms with E-state index in [4.69, 9.17) is 4.74 Å². The van der Waals surface area contributed by atoms with E-state index in [-0.39, 0.29) is 0 Å². The summed E-state index contributed by atoms with van der Waals surface area (Å²) < 4.78 is 5.67. The van der Waals surface area contributed by atoms with E-state index in [0.29, 0.717) is 22.3 Å². The first-order valence-electron chi connectivity index (χ1n) is 5.99. The molecule has 4 heteroatoms. The molecule has 1 aliphatic heterocycles. The Bertz CT molecular complexity index is 715. The lowest BCUT2D eigenvalue weighted by molar-refractivity contribution is -0.149. The van der Waals surface area contributed by atoms with Crippen molar-refractivity contribution < 1.29 is 14.3 Å². The van der Waals surface area contributed by atoms with Gasteiger partial charge in [-0.25, -0.2) is 9.59 Å². The Kier molecular flexibility index (Phi) is 3.24. The molecule has 1 aliphatic rings. The predicted molar refractivity (Wildman–Crippen MR) is 78.5 cm³/mol. The van der Waals surface area contributed by atoms with Crippen LogP contribution in [0.25, 0.3) is 11.1 Å². The average Bonchev–Trinajstić information content (AvgIpc) is 2.75. The topological polar surface area (TPSA) is 43.4 Å². The maximum atomic E-state index is 11.9. The van der Waals surface area contributed by atoms with Crippen molar-refractivity contribution in [1.29, 1.82) is 0 Å². The fraction of sp³-hybridized carbons (Fsp3) is 0. The van der Waals surface area contributed by atoms with Crippen molar-refractivity contribution in [2.45, 2.75) is 0 Å². The van der Waals surface area contributed by atoms with E-state index in [1.807, 2.05) is 30.3 Å². The van der Waals surface area contributed by atoms with E-state index in [1.54, 1.807) is 24.3 Å². The van der Waals surface area contributed by atoms with Crippen molar-refractivity contribution in [2.75, 3.05) is 0 Å². The lowest BCUT2D eigenvalue weighted by atomic mass is 9.96. The van der Waals surface area contributed by atoms with Crippen molar-refractivity contribution in [1.82, 2.24) is 0 Å². The molecule has 2 aromatic carbocycles. The quantitative estimate of drug-likeness (QED) is 0.626. The molecule has 20 heavy (non-hydrogen) atoms. The van der Waals surface area contributed by atoms with Gasteiger partial charge in [-0.1, -0.05) is 58.4 Å². The van der Waals surface area contributed by atoms with Crippen LogP contribution in [0.2, 0.25) is 0 Å².